The van der Waals surface area contributed by atoms with E-state index in [2.05, 4.69) is 37.3 Å². The van der Waals surface area contributed by atoms with Crippen LogP contribution >= 0.6 is 0 Å². The molecule has 4 heteroatoms. The van der Waals surface area contributed by atoms with Crippen LogP contribution in [0.1, 0.15) is 43.2 Å². The van der Waals surface area contributed by atoms with Crippen molar-refractivity contribution in [2.75, 3.05) is 13.1 Å². The van der Waals surface area contributed by atoms with Gasteiger partial charge in [0.05, 0.1) is 5.92 Å². The first-order valence-electron chi connectivity index (χ1n) is 8.82. The Morgan fingerprint density at radius 2 is 2.00 bits per heavy atom. The molecule has 0 aromatic heterocycles. The lowest BCUT2D eigenvalue weighted by Gasteiger charge is -2.33. The largest absolute Gasteiger partial charge is 0.481 e. The van der Waals surface area contributed by atoms with Crippen molar-refractivity contribution in [3.8, 4) is 0 Å². The predicted octanol–water partition coefficient (Wildman–Crippen LogP) is 3.50. The number of carboxylic acids is 1. The van der Waals surface area contributed by atoms with Crippen molar-refractivity contribution >= 4 is 17.4 Å². The molecule has 2 atom stereocenters. The smallest absolute Gasteiger partial charge is 0.306 e. The molecule has 1 aliphatic heterocycles. The van der Waals surface area contributed by atoms with Crippen LogP contribution in [0.3, 0.4) is 0 Å². The van der Waals surface area contributed by atoms with E-state index in [1.807, 2.05) is 4.90 Å². The molecule has 1 aromatic rings. The van der Waals surface area contributed by atoms with Crippen molar-refractivity contribution in [3.63, 3.8) is 0 Å². The second-order valence-corrected chi connectivity index (χ2v) is 7.03. The van der Waals surface area contributed by atoms with Gasteiger partial charge in [0.2, 0.25) is 5.91 Å². The molecule has 1 heterocycles. The maximum Gasteiger partial charge on any atom is 0.306 e. The SMILES string of the molecule is Cc1cccc(C2=CCN(C(=O)C3CCCC(C(=O)O)C3)CC2)c1. The Bertz CT molecular complexity index is 665. The van der Waals surface area contributed by atoms with Crippen LogP contribution in [0.25, 0.3) is 5.57 Å². The van der Waals surface area contributed by atoms with Crippen LogP contribution < -0.4 is 0 Å². The molecule has 4 nitrogen and oxygen atoms in total. The Labute approximate surface area is 143 Å². The summed E-state index contributed by atoms with van der Waals surface area (Å²) in [5.74, 6) is -1.09. The predicted molar refractivity (Wildman–Crippen MR) is 93.4 cm³/mol. The fourth-order valence-corrected chi connectivity index (χ4v) is 3.87. The summed E-state index contributed by atoms with van der Waals surface area (Å²) in [7, 11) is 0. The van der Waals surface area contributed by atoms with Gasteiger partial charge in [-0.05, 0) is 43.7 Å². The van der Waals surface area contributed by atoms with E-state index in [9.17, 15) is 14.7 Å². The van der Waals surface area contributed by atoms with E-state index >= 15 is 0 Å². The van der Waals surface area contributed by atoms with E-state index in [4.69, 9.17) is 0 Å². The van der Waals surface area contributed by atoms with Crippen molar-refractivity contribution in [1.82, 2.24) is 4.90 Å². The fraction of sp³-hybridized carbons (Fsp3) is 0.500. The first kappa shape index (κ1) is 16.7. The Balaban J connectivity index is 1.63. The van der Waals surface area contributed by atoms with E-state index < -0.39 is 5.97 Å². The minimum Gasteiger partial charge on any atom is -0.481 e. The van der Waals surface area contributed by atoms with Crippen LogP contribution in [0.15, 0.2) is 30.3 Å². The topological polar surface area (TPSA) is 57.6 Å². The molecule has 0 radical (unpaired) electrons. The molecule has 1 aliphatic carbocycles. The van der Waals surface area contributed by atoms with Crippen LogP contribution in [0.5, 0.6) is 0 Å². The van der Waals surface area contributed by atoms with E-state index in [0.717, 1.165) is 25.8 Å². The molecule has 2 aliphatic rings. The number of hydrogen-bond acceptors (Lipinski definition) is 2. The van der Waals surface area contributed by atoms with Gasteiger partial charge in [-0.1, -0.05) is 42.3 Å². The Hall–Kier alpha value is -2.10. The summed E-state index contributed by atoms with van der Waals surface area (Å²) in [6.07, 6.45) is 5.88. The highest BCUT2D eigenvalue weighted by atomic mass is 16.4. The van der Waals surface area contributed by atoms with Gasteiger partial charge in [-0.3, -0.25) is 9.59 Å². The molecule has 3 rings (SSSR count). The number of rotatable bonds is 3. The summed E-state index contributed by atoms with van der Waals surface area (Å²) >= 11 is 0. The number of carboxylic acid groups (broad SMARTS) is 1. The van der Waals surface area contributed by atoms with Gasteiger partial charge in [0.15, 0.2) is 0 Å². The zero-order valence-corrected chi connectivity index (χ0v) is 14.2. The molecule has 128 valence electrons. The second-order valence-electron chi connectivity index (χ2n) is 7.03. The first-order valence-corrected chi connectivity index (χ1v) is 8.82. The van der Waals surface area contributed by atoms with Crippen molar-refractivity contribution in [3.05, 3.63) is 41.5 Å². The van der Waals surface area contributed by atoms with Gasteiger partial charge in [0, 0.05) is 19.0 Å². The number of carbonyl (C=O) groups is 2. The Morgan fingerprint density at radius 1 is 1.21 bits per heavy atom. The lowest BCUT2D eigenvalue weighted by Crippen LogP contribution is -2.41. The Morgan fingerprint density at radius 3 is 2.67 bits per heavy atom. The van der Waals surface area contributed by atoms with E-state index in [0.29, 0.717) is 19.4 Å². The van der Waals surface area contributed by atoms with E-state index in [1.54, 1.807) is 0 Å². The van der Waals surface area contributed by atoms with Crippen molar-refractivity contribution in [1.29, 1.82) is 0 Å². The molecule has 1 amide bonds. The van der Waals surface area contributed by atoms with Gasteiger partial charge in [-0.2, -0.15) is 0 Å². The quantitative estimate of drug-likeness (QED) is 0.924. The van der Waals surface area contributed by atoms with Crippen molar-refractivity contribution in [2.45, 2.75) is 39.0 Å². The highest BCUT2D eigenvalue weighted by molar-refractivity contribution is 5.81. The van der Waals surface area contributed by atoms with Gasteiger partial charge >= 0.3 is 5.97 Å². The third kappa shape index (κ3) is 3.69. The summed E-state index contributed by atoms with van der Waals surface area (Å²) in [5, 5.41) is 9.20. The van der Waals surface area contributed by atoms with Crippen molar-refractivity contribution < 1.29 is 14.7 Å². The number of carbonyl (C=O) groups excluding carboxylic acids is 1. The zero-order chi connectivity index (χ0) is 17.1. The van der Waals surface area contributed by atoms with Crippen LogP contribution in [0, 0.1) is 18.8 Å². The lowest BCUT2D eigenvalue weighted by molar-refractivity contribution is -0.145. The first-order chi connectivity index (χ1) is 11.5. The number of hydrogen-bond donors (Lipinski definition) is 1. The fourth-order valence-electron chi connectivity index (χ4n) is 3.87. The van der Waals surface area contributed by atoms with E-state index in [1.165, 1.54) is 16.7 Å². The minimum atomic E-state index is -0.757. The van der Waals surface area contributed by atoms with Gasteiger partial charge in [0.25, 0.3) is 0 Å². The molecule has 2 unspecified atom stereocenters. The molecule has 0 bridgehead atoms. The molecule has 24 heavy (non-hydrogen) atoms. The average Bonchev–Trinajstić information content (AvgIpc) is 2.61. The Kier molecular flexibility index (Phi) is 5.03. The number of nitrogens with zero attached hydrogens (tertiary/aromatic N) is 1. The summed E-state index contributed by atoms with van der Waals surface area (Å²) in [6, 6.07) is 8.46. The van der Waals surface area contributed by atoms with Crippen LogP contribution in [0.2, 0.25) is 0 Å². The van der Waals surface area contributed by atoms with E-state index in [-0.39, 0.29) is 17.7 Å². The maximum atomic E-state index is 12.7. The van der Waals surface area contributed by atoms with Crippen molar-refractivity contribution in [2.24, 2.45) is 11.8 Å². The molecular weight excluding hydrogens is 302 g/mol. The van der Waals surface area contributed by atoms with Gasteiger partial charge in [-0.25, -0.2) is 0 Å². The minimum absolute atomic E-state index is 0.117. The molecular formula is C20H25NO3. The molecule has 0 saturated heterocycles. The number of aryl methyl sites for hydroxylation is 1. The molecule has 1 N–H and O–H groups in total. The summed E-state index contributed by atoms with van der Waals surface area (Å²) in [5.41, 5.74) is 3.79. The average molecular weight is 327 g/mol. The van der Waals surface area contributed by atoms with Gasteiger partial charge in [0.1, 0.15) is 0 Å². The lowest BCUT2D eigenvalue weighted by atomic mass is 9.80. The van der Waals surface area contributed by atoms with Crippen LogP contribution in [-0.4, -0.2) is 35.0 Å². The zero-order valence-electron chi connectivity index (χ0n) is 14.2. The third-order valence-corrected chi connectivity index (χ3v) is 5.28. The normalized spacial score (nSPS) is 24.4. The highest BCUT2D eigenvalue weighted by Gasteiger charge is 2.33. The van der Waals surface area contributed by atoms with Crippen LogP contribution in [0.4, 0.5) is 0 Å². The number of benzene rings is 1. The summed E-state index contributed by atoms with van der Waals surface area (Å²) < 4.78 is 0. The maximum absolute atomic E-state index is 12.7. The number of aliphatic carboxylic acids is 1. The summed E-state index contributed by atoms with van der Waals surface area (Å²) in [6.45, 7) is 3.45. The van der Waals surface area contributed by atoms with Crippen LogP contribution in [-0.2, 0) is 9.59 Å². The summed E-state index contributed by atoms with van der Waals surface area (Å²) in [4.78, 5) is 25.8. The number of amides is 1. The van der Waals surface area contributed by atoms with Gasteiger partial charge < -0.3 is 10.0 Å². The monoisotopic (exact) mass is 327 g/mol. The second kappa shape index (κ2) is 7.20. The molecule has 1 fully saturated rings. The van der Waals surface area contributed by atoms with Gasteiger partial charge in [-0.15, -0.1) is 0 Å². The molecule has 0 spiro atoms. The standard InChI is InChI=1S/C20H25NO3/c1-14-4-2-5-16(12-14)15-8-10-21(11-9-15)19(22)17-6-3-7-18(13-17)20(23)24/h2,4-5,8,12,17-18H,3,6-7,9-11,13H2,1H3,(H,23,24). The third-order valence-electron chi connectivity index (χ3n) is 5.28. The molecule has 1 aromatic carbocycles. The molecule has 1 saturated carbocycles. The highest BCUT2D eigenvalue weighted by Crippen LogP contribution is 2.32.